The molecular weight excluding hydrogens is 302 g/mol. The third-order valence-corrected chi connectivity index (χ3v) is 6.12. The lowest BCUT2D eigenvalue weighted by Crippen LogP contribution is -2.18. The average molecular weight is 320 g/mol. The molecule has 0 saturated heterocycles. The van der Waals surface area contributed by atoms with Crippen molar-refractivity contribution >= 4 is 34.0 Å². The molecule has 0 aliphatic heterocycles. The molecule has 1 nitrogen and oxygen atoms in total. The predicted molar refractivity (Wildman–Crippen MR) is 91.8 cm³/mol. The predicted octanol–water partition coefficient (Wildman–Crippen LogP) is 5.78. The number of hydrogen-bond donors (Lipinski definition) is 1. The van der Waals surface area contributed by atoms with Crippen molar-refractivity contribution in [3.8, 4) is 10.4 Å². The first-order valence-electron chi connectivity index (χ1n) is 6.75. The van der Waals surface area contributed by atoms with Crippen molar-refractivity contribution in [3.63, 3.8) is 0 Å². The number of thiophene rings is 3. The molecule has 0 radical (unpaired) electrons. The molecule has 0 spiro atoms. The lowest BCUT2D eigenvalue weighted by Gasteiger charge is -2.14. The molecule has 0 bridgehead atoms. The Labute approximate surface area is 131 Å². The van der Waals surface area contributed by atoms with E-state index in [1.54, 1.807) is 11.3 Å². The first-order valence-corrected chi connectivity index (χ1v) is 9.38. The first-order chi connectivity index (χ1) is 9.86. The van der Waals surface area contributed by atoms with Crippen LogP contribution in [0.5, 0.6) is 0 Å². The average Bonchev–Trinajstić information content (AvgIpc) is 3.22. The molecular formula is C16H17NS3. The van der Waals surface area contributed by atoms with E-state index < -0.39 is 0 Å². The largest absolute Gasteiger partial charge is 0.304 e. The van der Waals surface area contributed by atoms with Gasteiger partial charge < -0.3 is 5.32 Å². The Bertz CT molecular complexity index is 623. The summed E-state index contributed by atoms with van der Waals surface area (Å²) in [7, 11) is 0. The van der Waals surface area contributed by atoms with E-state index in [4.69, 9.17) is 0 Å². The summed E-state index contributed by atoms with van der Waals surface area (Å²) >= 11 is 5.49. The molecule has 20 heavy (non-hydrogen) atoms. The van der Waals surface area contributed by atoms with Gasteiger partial charge in [-0.05, 0) is 40.8 Å². The van der Waals surface area contributed by atoms with E-state index in [1.807, 2.05) is 22.7 Å². The summed E-state index contributed by atoms with van der Waals surface area (Å²) < 4.78 is 0. The second kappa shape index (κ2) is 6.68. The Morgan fingerprint density at radius 2 is 1.95 bits per heavy atom. The van der Waals surface area contributed by atoms with Gasteiger partial charge in [0.15, 0.2) is 0 Å². The summed E-state index contributed by atoms with van der Waals surface area (Å²) in [5.41, 5.74) is 1.35. The fourth-order valence-electron chi connectivity index (χ4n) is 2.20. The molecule has 104 valence electrons. The zero-order valence-corrected chi connectivity index (χ0v) is 13.8. The smallest absolute Gasteiger partial charge is 0.0415 e. The van der Waals surface area contributed by atoms with Crippen LogP contribution in [0.1, 0.15) is 29.1 Å². The molecule has 3 rings (SSSR count). The fraction of sp³-hybridized carbons (Fsp3) is 0.250. The molecule has 1 N–H and O–H groups in total. The van der Waals surface area contributed by atoms with Gasteiger partial charge in [-0.2, -0.15) is 0 Å². The van der Waals surface area contributed by atoms with Crippen LogP contribution in [0.2, 0.25) is 0 Å². The topological polar surface area (TPSA) is 12.0 Å². The van der Waals surface area contributed by atoms with Gasteiger partial charge in [0.05, 0.1) is 0 Å². The van der Waals surface area contributed by atoms with Crippen molar-refractivity contribution in [2.24, 2.45) is 0 Å². The van der Waals surface area contributed by atoms with E-state index >= 15 is 0 Å². The second-order valence-corrected chi connectivity index (χ2v) is 7.56. The monoisotopic (exact) mass is 319 g/mol. The first kappa shape index (κ1) is 14.0. The van der Waals surface area contributed by atoms with Gasteiger partial charge in [-0.1, -0.05) is 19.1 Å². The van der Waals surface area contributed by atoms with E-state index in [2.05, 4.69) is 58.7 Å². The number of nitrogens with one attached hydrogen (secondary N) is 1. The Kier molecular flexibility index (Phi) is 4.68. The van der Waals surface area contributed by atoms with Crippen molar-refractivity contribution in [2.45, 2.75) is 25.9 Å². The van der Waals surface area contributed by atoms with E-state index in [0.29, 0.717) is 6.04 Å². The molecule has 0 aromatic carbocycles. The van der Waals surface area contributed by atoms with Crippen molar-refractivity contribution in [1.29, 1.82) is 0 Å². The minimum atomic E-state index is 0.474. The Morgan fingerprint density at radius 3 is 2.65 bits per heavy atom. The SMILES string of the molecule is CCC(NCc1cc(-c2cccs2)cs1)c1cccs1. The van der Waals surface area contributed by atoms with E-state index in [-0.39, 0.29) is 0 Å². The Balaban J connectivity index is 1.64. The maximum Gasteiger partial charge on any atom is 0.0415 e. The molecule has 0 amide bonds. The fourth-order valence-corrected chi connectivity index (χ4v) is 4.71. The summed E-state index contributed by atoms with van der Waals surface area (Å²) in [4.78, 5) is 4.20. The Hall–Kier alpha value is -0.940. The van der Waals surface area contributed by atoms with Gasteiger partial charge in [-0.25, -0.2) is 0 Å². The molecule has 1 unspecified atom stereocenters. The van der Waals surface area contributed by atoms with Crippen LogP contribution in [0.3, 0.4) is 0 Å². The molecule has 3 aromatic rings. The van der Waals surface area contributed by atoms with Gasteiger partial charge in [0, 0.05) is 32.8 Å². The van der Waals surface area contributed by atoms with E-state index in [9.17, 15) is 0 Å². The molecule has 0 aliphatic rings. The van der Waals surface area contributed by atoms with Crippen LogP contribution >= 0.6 is 34.0 Å². The highest BCUT2D eigenvalue weighted by atomic mass is 32.1. The van der Waals surface area contributed by atoms with Crippen LogP contribution < -0.4 is 5.32 Å². The standard InChI is InChI=1S/C16H17NS3/c1-2-14(16-6-4-8-19-16)17-10-13-9-12(11-20-13)15-5-3-7-18-15/h3-9,11,14,17H,2,10H2,1H3. The van der Waals surface area contributed by atoms with Gasteiger partial charge in [0.2, 0.25) is 0 Å². The van der Waals surface area contributed by atoms with Gasteiger partial charge in [-0.15, -0.1) is 34.0 Å². The minimum Gasteiger partial charge on any atom is -0.304 e. The van der Waals surface area contributed by atoms with Crippen molar-refractivity contribution in [2.75, 3.05) is 0 Å². The highest BCUT2D eigenvalue weighted by Gasteiger charge is 2.10. The molecule has 4 heteroatoms. The van der Waals surface area contributed by atoms with Crippen LogP contribution in [-0.2, 0) is 6.54 Å². The zero-order valence-electron chi connectivity index (χ0n) is 11.3. The lowest BCUT2D eigenvalue weighted by molar-refractivity contribution is 0.530. The van der Waals surface area contributed by atoms with Crippen molar-refractivity contribution in [1.82, 2.24) is 5.32 Å². The summed E-state index contributed by atoms with van der Waals surface area (Å²) in [5.74, 6) is 0. The van der Waals surface area contributed by atoms with E-state index in [1.165, 1.54) is 20.2 Å². The highest BCUT2D eigenvalue weighted by molar-refractivity contribution is 7.14. The van der Waals surface area contributed by atoms with Gasteiger partial charge in [-0.3, -0.25) is 0 Å². The summed E-state index contributed by atoms with van der Waals surface area (Å²) in [5, 5.41) is 10.2. The maximum absolute atomic E-state index is 3.67. The summed E-state index contributed by atoms with van der Waals surface area (Å²) in [6.45, 7) is 3.19. The number of hydrogen-bond acceptors (Lipinski definition) is 4. The Morgan fingerprint density at radius 1 is 1.10 bits per heavy atom. The zero-order chi connectivity index (χ0) is 13.8. The van der Waals surface area contributed by atoms with Crippen LogP contribution in [0.25, 0.3) is 10.4 Å². The third kappa shape index (κ3) is 3.20. The minimum absolute atomic E-state index is 0.474. The normalized spacial score (nSPS) is 12.7. The molecule has 0 aliphatic carbocycles. The summed E-state index contributed by atoms with van der Waals surface area (Å²) in [6, 6.07) is 11.4. The third-order valence-electron chi connectivity index (χ3n) is 3.28. The van der Waals surface area contributed by atoms with Crippen LogP contribution in [0.15, 0.2) is 46.5 Å². The van der Waals surface area contributed by atoms with Crippen LogP contribution in [0, 0.1) is 0 Å². The van der Waals surface area contributed by atoms with Gasteiger partial charge in [0.25, 0.3) is 0 Å². The van der Waals surface area contributed by atoms with E-state index in [0.717, 1.165) is 13.0 Å². The molecule has 0 saturated carbocycles. The molecule has 3 aromatic heterocycles. The number of rotatable bonds is 6. The molecule has 3 heterocycles. The quantitative estimate of drug-likeness (QED) is 0.607. The lowest BCUT2D eigenvalue weighted by atomic mass is 10.2. The van der Waals surface area contributed by atoms with Crippen molar-refractivity contribution < 1.29 is 0 Å². The van der Waals surface area contributed by atoms with Gasteiger partial charge >= 0.3 is 0 Å². The molecule has 0 fully saturated rings. The molecule has 1 atom stereocenters. The van der Waals surface area contributed by atoms with Crippen molar-refractivity contribution in [3.05, 3.63) is 56.2 Å². The summed E-state index contributed by atoms with van der Waals surface area (Å²) in [6.07, 6.45) is 1.13. The van der Waals surface area contributed by atoms with Crippen LogP contribution in [-0.4, -0.2) is 0 Å². The van der Waals surface area contributed by atoms with Crippen LogP contribution in [0.4, 0.5) is 0 Å². The maximum atomic E-state index is 3.67. The highest BCUT2D eigenvalue weighted by Crippen LogP contribution is 2.30. The second-order valence-electron chi connectivity index (χ2n) is 4.64. The van der Waals surface area contributed by atoms with Gasteiger partial charge in [0.1, 0.15) is 0 Å².